The lowest BCUT2D eigenvalue weighted by molar-refractivity contribution is -0.120. The van der Waals surface area contributed by atoms with E-state index in [1.165, 1.54) is 36.4 Å². The van der Waals surface area contributed by atoms with E-state index >= 15 is 0 Å². The summed E-state index contributed by atoms with van der Waals surface area (Å²) in [5.41, 5.74) is 0.730. The van der Waals surface area contributed by atoms with Gasteiger partial charge in [0.1, 0.15) is 16.5 Å². The number of halogens is 5. The highest BCUT2D eigenvalue weighted by Crippen LogP contribution is 2.37. The van der Waals surface area contributed by atoms with Crippen LogP contribution in [-0.2, 0) is 9.59 Å². The molecule has 34 heavy (non-hydrogen) atoms. The molecule has 0 atom stereocenters. The number of anilines is 3. The van der Waals surface area contributed by atoms with Gasteiger partial charge in [0, 0.05) is 16.9 Å². The van der Waals surface area contributed by atoms with Crippen LogP contribution < -0.4 is 15.5 Å². The topological polar surface area (TPSA) is 78.5 Å². The SMILES string of the molecule is O=C(Nc1ccc(F)c(Cl)c1)c1cccc(NC2=C(Cl)C(=O)N(c3cccc(Cl)c3Cl)C2=O)c1. The average Bonchev–Trinajstić information content (AvgIpc) is 3.01. The summed E-state index contributed by atoms with van der Waals surface area (Å²) in [4.78, 5) is 39.1. The van der Waals surface area contributed by atoms with Crippen molar-refractivity contribution >= 4 is 81.2 Å². The van der Waals surface area contributed by atoms with Crippen LogP contribution in [0.2, 0.25) is 15.1 Å². The molecule has 0 bridgehead atoms. The molecule has 0 saturated heterocycles. The van der Waals surface area contributed by atoms with Gasteiger partial charge < -0.3 is 10.6 Å². The van der Waals surface area contributed by atoms with Crippen LogP contribution in [0, 0.1) is 5.82 Å². The second-order valence-corrected chi connectivity index (χ2v) is 8.57. The normalized spacial score (nSPS) is 13.5. The van der Waals surface area contributed by atoms with Crippen molar-refractivity contribution in [2.45, 2.75) is 0 Å². The minimum Gasteiger partial charge on any atom is -0.350 e. The standard InChI is InChI=1S/C23H12Cl4FN3O3/c24-14-5-2-6-17(18(14)26)31-22(33)19(27)20(23(31)34)29-12-4-1-3-11(9-12)21(32)30-13-7-8-16(28)15(25)10-13/h1-10,29H,(H,30,32). The third-order valence-electron chi connectivity index (χ3n) is 4.77. The molecule has 1 aliphatic heterocycles. The molecule has 4 rings (SSSR count). The van der Waals surface area contributed by atoms with Gasteiger partial charge in [-0.3, -0.25) is 14.4 Å². The zero-order valence-corrected chi connectivity index (χ0v) is 19.9. The van der Waals surface area contributed by atoms with Crippen LogP contribution in [0.4, 0.5) is 21.5 Å². The molecule has 3 aromatic carbocycles. The Hall–Kier alpha value is -3.10. The van der Waals surface area contributed by atoms with Gasteiger partial charge in [-0.2, -0.15) is 0 Å². The number of imide groups is 1. The Morgan fingerprint density at radius 2 is 1.56 bits per heavy atom. The molecule has 1 heterocycles. The summed E-state index contributed by atoms with van der Waals surface area (Å²) in [5, 5.41) is 5.09. The third kappa shape index (κ3) is 4.60. The van der Waals surface area contributed by atoms with Crippen LogP contribution in [0.25, 0.3) is 0 Å². The Morgan fingerprint density at radius 3 is 2.29 bits per heavy atom. The zero-order valence-electron chi connectivity index (χ0n) is 16.8. The van der Waals surface area contributed by atoms with Gasteiger partial charge >= 0.3 is 0 Å². The highest BCUT2D eigenvalue weighted by molar-refractivity contribution is 6.54. The minimum atomic E-state index is -0.777. The second kappa shape index (κ2) is 9.64. The average molecular weight is 539 g/mol. The van der Waals surface area contributed by atoms with Crippen LogP contribution in [0.5, 0.6) is 0 Å². The number of benzene rings is 3. The lowest BCUT2D eigenvalue weighted by atomic mass is 10.1. The van der Waals surface area contributed by atoms with Gasteiger partial charge in [-0.25, -0.2) is 9.29 Å². The molecule has 3 aromatic rings. The lowest BCUT2D eigenvalue weighted by Gasteiger charge is -2.17. The Morgan fingerprint density at radius 1 is 0.824 bits per heavy atom. The number of rotatable bonds is 5. The van der Waals surface area contributed by atoms with Gasteiger partial charge in [0.25, 0.3) is 17.7 Å². The van der Waals surface area contributed by atoms with Gasteiger partial charge in [0.05, 0.1) is 20.8 Å². The Labute approximate surface area is 212 Å². The number of hydrogen-bond donors (Lipinski definition) is 2. The van der Waals surface area contributed by atoms with Crippen LogP contribution >= 0.6 is 46.4 Å². The van der Waals surface area contributed by atoms with E-state index in [1.54, 1.807) is 18.2 Å². The molecule has 172 valence electrons. The van der Waals surface area contributed by atoms with Crippen molar-refractivity contribution in [3.63, 3.8) is 0 Å². The number of nitrogens with zero attached hydrogens (tertiary/aromatic N) is 1. The predicted molar refractivity (Wildman–Crippen MR) is 131 cm³/mol. The van der Waals surface area contributed by atoms with E-state index in [2.05, 4.69) is 10.6 Å². The first kappa shape index (κ1) is 24.0. The van der Waals surface area contributed by atoms with Crippen molar-refractivity contribution in [1.29, 1.82) is 0 Å². The van der Waals surface area contributed by atoms with E-state index in [9.17, 15) is 18.8 Å². The van der Waals surface area contributed by atoms with Crippen LogP contribution in [0.1, 0.15) is 10.4 Å². The van der Waals surface area contributed by atoms with Gasteiger partial charge in [0.2, 0.25) is 0 Å². The fourth-order valence-electron chi connectivity index (χ4n) is 3.15. The second-order valence-electron chi connectivity index (χ2n) is 7.00. The number of carbonyl (C=O) groups excluding carboxylic acids is 3. The molecule has 0 aromatic heterocycles. The first-order chi connectivity index (χ1) is 16.2. The molecule has 0 fully saturated rings. The van der Waals surface area contributed by atoms with Gasteiger partial charge in [-0.15, -0.1) is 0 Å². The van der Waals surface area contributed by atoms with E-state index in [4.69, 9.17) is 46.4 Å². The van der Waals surface area contributed by atoms with Crippen molar-refractivity contribution in [3.8, 4) is 0 Å². The largest absolute Gasteiger partial charge is 0.350 e. The highest BCUT2D eigenvalue weighted by atomic mass is 35.5. The minimum absolute atomic E-state index is 0.0242. The number of hydrogen-bond acceptors (Lipinski definition) is 4. The monoisotopic (exact) mass is 537 g/mol. The maximum Gasteiger partial charge on any atom is 0.283 e. The van der Waals surface area contributed by atoms with Gasteiger partial charge in [0.15, 0.2) is 0 Å². The Kier molecular flexibility index (Phi) is 6.81. The van der Waals surface area contributed by atoms with Crippen molar-refractivity contribution < 1.29 is 18.8 Å². The molecule has 0 radical (unpaired) electrons. The molecule has 0 spiro atoms. The van der Waals surface area contributed by atoms with E-state index < -0.39 is 23.5 Å². The van der Waals surface area contributed by atoms with Crippen molar-refractivity contribution in [3.05, 3.63) is 97.8 Å². The lowest BCUT2D eigenvalue weighted by Crippen LogP contribution is -2.32. The molecule has 2 N–H and O–H groups in total. The molecule has 11 heteroatoms. The summed E-state index contributed by atoms with van der Waals surface area (Å²) < 4.78 is 13.3. The van der Waals surface area contributed by atoms with Gasteiger partial charge in [-0.05, 0) is 48.5 Å². The molecule has 6 nitrogen and oxygen atoms in total. The van der Waals surface area contributed by atoms with Crippen molar-refractivity contribution in [1.82, 2.24) is 0 Å². The highest BCUT2D eigenvalue weighted by Gasteiger charge is 2.40. The number of nitrogens with one attached hydrogen (secondary N) is 2. The quantitative estimate of drug-likeness (QED) is 0.365. The number of amides is 3. The smallest absolute Gasteiger partial charge is 0.283 e. The van der Waals surface area contributed by atoms with E-state index in [1.807, 2.05) is 0 Å². The maximum absolute atomic E-state index is 13.3. The maximum atomic E-state index is 13.3. The number of carbonyl (C=O) groups is 3. The van der Waals surface area contributed by atoms with Crippen molar-refractivity contribution in [2.75, 3.05) is 15.5 Å². The summed E-state index contributed by atoms with van der Waals surface area (Å²) in [5.74, 6) is -2.64. The third-order valence-corrected chi connectivity index (χ3v) is 6.22. The Balaban J connectivity index is 1.56. The molecule has 0 unspecified atom stereocenters. The summed E-state index contributed by atoms with van der Waals surface area (Å²) >= 11 is 24.1. The fraction of sp³-hybridized carbons (Fsp3) is 0. The molecule has 3 amide bonds. The van der Waals surface area contributed by atoms with Crippen LogP contribution in [0.15, 0.2) is 71.4 Å². The fourth-order valence-corrected chi connectivity index (χ4v) is 3.93. The van der Waals surface area contributed by atoms with E-state index in [0.717, 1.165) is 11.0 Å². The van der Waals surface area contributed by atoms with E-state index in [-0.39, 0.29) is 37.0 Å². The summed E-state index contributed by atoms with van der Waals surface area (Å²) in [7, 11) is 0. The zero-order chi connectivity index (χ0) is 24.6. The first-order valence-electron chi connectivity index (χ1n) is 9.53. The summed E-state index contributed by atoms with van der Waals surface area (Å²) in [6.07, 6.45) is 0. The van der Waals surface area contributed by atoms with Crippen molar-refractivity contribution in [2.24, 2.45) is 0 Å². The van der Waals surface area contributed by atoms with E-state index in [0.29, 0.717) is 11.4 Å². The van der Waals surface area contributed by atoms with Crippen LogP contribution in [-0.4, -0.2) is 17.7 Å². The van der Waals surface area contributed by atoms with Gasteiger partial charge in [-0.1, -0.05) is 58.5 Å². The molecular weight excluding hydrogens is 527 g/mol. The molecular formula is C23H12Cl4FN3O3. The van der Waals surface area contributed by atoms with Crippen LogP contribution in [0.3, 0.4) is 0 Å². The summed E-state index contributed by atoms with van der Waals surface area (Å²) in [6.45, 7) is 0. The molecule has 0 saturated carbocycles. The molecule has 1 aliphatic rings. The first-order valence-corrected chi connectivity index (χ1v) is 11.0. The predicted octanol–water partition coefficient (Wildman–Crippen LogP) is 6.47. The summed E-state index contributed by atoms with van der Waals surface area (Å²) in [6, 6.07) is 14.4. The molecule has 0 aliphatic carbocycles. The Bertz CT molecular complexity index is 1390.